The second-order valence-corrected chi connectivity index (χ2v) is 34.8. The van der Waals surface area contributed by atoms with Crippen LogP contribution in [0.15, 0.2) is 137 Å². The first-order valence-corrected chi connectivity index (χ1v) is 44.5. The van der Waals surface area contributed by atoms with Gasteiger partial charge in [-0.15, -0.1) is 31.1 Å². The summed E-state index contributed by atoms with van der Waals surface area (Å²) in [6, 6.07) is 25.1. The highest BCUT2D eigenvalue weighted by Gasteiger charge is 2.52. The Morgan fingerprint density at radius 1 is 0.496 bits per heavy atom. The number of hydrogen-bond donors (Lipinski definition) is 14. The van der Waals surface area contributed by atoms with Crippen LogP contribution in [0.25, 0.3) is 10.4 Å². The first kappa shape index (κ1) is 96.0. The molecule has 133 heavy (non-hydrogen) atoms. The van der Waals surface area contributed by atoms with Crippen molar-refractivity contribution in [2.45, 2.75) is 169 Å². The predicted octanol–water partition coefficient (Wildman–Crippen LogP) is 1.71. The van der Waals surface area contributed by atoms with E-state index in [-0.39, 0.29) is 126 Å². The number of hydrogen-bond acceptors (Lipinski definition) is 39. The van der Waals surface area contributed by atoms with Crippen LogP contribution in [0.4, 0.5) is 21.0 Å². The fourth-order valence-electron chi connectivity index (χ4n) is 16.0. The number of azide groups is 1. The van der Waals surface area contributed by atoms with E-state index in [1.165, 1.54) is 144 Å². The Labute approximate surface area is 764 Å². The number of carbonyl (C=O) groups is 5. The number of methoxy groups -OCH3 is 2. The predicted molar refractivity (Wildman–Crippen MR) is 456 cm³/mol. The molecular weight excluding hydrogens is 1820 g/mol. The van der Waals surface area contributed by atoms with Crippen LogP contribution in [-0.4, -0.2) is 309 Å². The van der Waals surface area contributed by atoms with Crippen LogP contribution in [0.1, 0.15) is 74.2 Å². The van der Waals surface area contributed by atoms with Crippen molar-refractivity contribution < 1.29 is 174 Å². The second kappa shape index (κ2) is 41.5. The van der Waals surface area contributed by atoms with Crippen molar-refractivity contribution in [3.8, 4) is 51.7 Å². The highest BCUT2D eigenvalue weighted by Crippen LogP contribution is 2.47. The van der Waals surface area contributed by atoms with Gasteiger partial charge in [0.25, 0.3) is 17.7 Å². The van der Waals surface area contributed by atoms with Crippen molar-refractivity contribution in [3.05, 3.63) is 202 Å². The SMILES string of the molecule is COc1cc2c(cc1OCc1cc(COc3cc4c(cc3OC)C(=O)N3Cc5ccsc5C[C@H]3C(O)N4C(=O)OCc3ccc(O[C@@H]4O[C@H](CO)[C@H](O)[C@H](O)[C@H]4O)cc3)cc(OS(=O)(=O)Oc3cc(C(=O)N(C)CCOCCN=[N+]=[N-])ccc3O[C@@H]3O[C@H](CO)[C@H](O)[C@H](O)[C@H]3O)c1)N(C(=O)OCc1ccc(O[C@@H]3O[C@H](CO)[C@H](O)[C@H](O)[C@H]3O)cc1)C(O)[C@H]1Cc3sccc3CN1C2=O. The Balaban J connectivity index is 0.760. The maximum Gasteiger partial charge on any atom is 0.501 e. The molecule has 3 saturated heterocycles. The van der Waals surface area contributed by atoms with Crippen molar-refractivity contribution in [2.75, 3.05) is 77.2 Å². The van der Waals surface area contributed by atoms with Gasteiger partial charge in [0.1, 0.15) is 117 Å². The van der Waals surface area contributed by atoms with Gasteiger partial charge in [-0.25, -0.2) is 19.4 Å². The number of thiophene rings is 2. The molecule has 2 aromatic heterocycles. The lowest BCUT2D eigenvalue weighted by atomic mass is 9.99. The van der Waals surface area contributed by atoms with E-state index in [0.29, 0.717) is 11.1 Å². The number of benzene rings is 6. The van der Waals surface area contributed by atoms with Crippen molar-refractivity contribution in [1.29, 1.82) is 0 Å². The number of ether oxygens (including phenoxy) is 13. The first-order chi connectivity index (χ1) is 63.9. The second-order valence-electron chi connectivity index (χ2n) is 31.7. The van der Waals surface area contributed by atoms with Crippen LogP contribution < -0.4 is 51.3 Å². The largest absolute Gasteiger partial charge is 0.501 e. The van der Waals surface area contributed by atoms with Gasteiger partial charge in [-0.05, 0) is 135 Å². The summed E-state index contributed by atoms with van der Waals surface area (Å²) in [6.07, 6.45) is -31.1. The lowest BCUT2D eigenvalue weighted by molar-refractivity contribution is -0.277. The van der Waals surface area contributed by atoms with Crippen LogP contribution in [0.5, 0.6) is 51.7 Å². The molecule has 44 nitrogen and oxygen atoms in total. The number of rotatable bonds is 32. The van der Waals surface area contributed by atoms with Crippen molar-refractivity contribution in [3.63, 3.8) is 0 Å². The number of nitrogens with zero attached hydrogens (tertiary/aromatic N) is 8. The van der Waals surface area contributed by atoms with Gasteiger partial charge in [0.2, 0.25) is 18.9 Å². The Bertz CT molecular complexity index is 5440. The molecule has 7 aliphatic heterocycles. The number of amides is 5. The van der Waals surface area contributed by atoms with Crippen LogP contribution in [-0.2, 0) is 91.2 Å². The fourth-order valence-corrected chi connectivity index (χ4v) is 18.6. The van der Waals surface area contributed by atoms with Crippen LogP contribution >= 0.6 is 22.7 Å². The molecule has 19 atom stereocenters. The van der Waals surface area contributed by atoms with Gasteiger partial charge in [0.15, 0.2) is 47.0 Å². The smallest absolute Gasteiger partial charge is 0.493 e. The van der Waals surface area contributed by atoms with E-state index < -0.39 is 220 Å². The molecule has 0 radical (unpaired) electrons. The number of aliphatic hydroxyl groups excluding tert-OH is 14. The molecular formula is C86H94N8O36S3. The molecule has 712 valence electrons. The van der Waals surface area contributed by atoms with Crippen LogP contribution in [0, 0.1) is 0 Å². The molecule has 2 unspecified atom stereocenters. The maximum atomic E-state index is 15.2. The summed E-state index contributed by atoms with van der Waals surface area (Å²) in [7, 11) is -1.69. The molecule has 0 bridgehead atoms. The third-order valence-corrected chi connectivity index (χ3v) is 26.0. The van der Waals surface area contributed by atoms with E-state index in [1.54, 1.807) is 0 Å². The normalized spacial score (nSPS) is 26.0. The molecule has 15 rings (SSSR count). The van der Waals surface area contributed by atoms with Gasteiger partial charge >= 0.3 is 22.6 Å². The first-order valence-electron chi connectivity index (χ1n) is 41.4. The average molecular weight is 1910 g/mol. The quantitative estimate of drug-likeness (QED) is 0.0123. The van der Waals surface area contributed by atoms with E-state index >= 15 is 9.59 Å². The summed E-state index contributed by atoms with van der Waals surface area (Å²) in [4.78, 5) is 84.5. The molecule has 0 spiro atoms. The van der Waals surface area contributed by atoms with Crippen LogP contribution in [0.3, 0.4) is 0 Å². The monoisotopic (exact) mass is 1910 g/mol. The number of likely N-dealkylation sites (N-methyl/N-ethyl adjacent to an activating group) is 1. The van der Waals surface area contributed by atoms with E-state index in [4.69, 9.17) is 75.5 Å². The molecule has 0 aliphatic carbocycles. The summed E-state index contributed by atoms with van der Waals surface area (Å²) >= 11 is 2.76. The molecule has 14 N–H and O–H groups in total. The number of fused-ring (bicyclic) bond motifs is 6. The van der Waals surface area contributed by atoms with E-state index in [1.807, 2.05) is 22.9 Å². The molecule has 5 amide bonds. The van der Waals surface area contributed by atoms with E-state index in [9.17, 15) is 94.3 Å². The summed E-state index contributed by atoms with van der Waals surface area (Å²) < 4.78 is 117. The number of aliphatic hydroxyl groups is 14. The van der Waals surface area contributed by atoms with Gasteiger partial charge in [0, 0.05) is 78.4 Å². The summed E-state index contributed by atoms with van der Waals surface area (Å²) in [5.41, 5.74) is 9.93. The van der Waals surface area contributed by atoms with Gasteiger partial charge < -0.3 is 156 Å². The number of anilines is 2. The fraction of sp³-hybridized carbons (Fsp3) is 0.430. The highest BCUT2D eigenvalue weighted by atomic mass is 32.3. The summed E-state index contributed by atoms with van der Waals surface area (Å²) in [5, 5.41) is 157. The lowest BCUT2D eigenvalue weighted by Gasteiger charge is -2.39. The third-order valence-electron chi connectivity index (χ3n) is 23.2. The van der Waals surface area contributed by atoms with E-state index in [0.717, 1.165) is 54.9 Å². The average Bonchev–Trinajstić information content (AvgIpc) is 1.60. The van der Waals surface area contributed by atoms with Crippen molar-refractivity contribution in [2.24, 2.45) is 5.11 Å². The van der Waals surface area contributed by atoms with Gasteiger partial charge in [-0.1, -0.05) is 29.4 Å². The molecule has 6 aromatic carbocycles. The molecule has 9 heterocycles. The molecule has 47 heteroatoms. The van der Waals surface area contributed by atoms with E-state index in [2.05, 4.69) is 10.0 Å². The third kappa shape index (κ3) is 20.7. The van der Waals surface area contributed by atoms with Crippen LogP contribution in [0.2, 0.25) is 0 Å². The Morgan fingerprint density at radius 2 is 0.940 bits per heavy atom. The molecule has 7 aliphatic rings. The topological polar surface area (TPSA) is 606 Å². The summed E-state index contributed by atoms with van der Waals surface area (Å²) in [6.45, 7) is -4.60. The zero-order valence-corrected chi connectivity index (χ0v) is 73.3. The molecule has 0 saturated carbocycles. The Kier molecular flexibility index (Phi) is 30.0. The number of carbonyl (C=O) groups excluding carboxylic acids is 5. The standard InChI is InChI=1S/C86H94N8O36S3/c1-90(17-19-118-18-16-88-89-87)77(107)45-8-13-57(125-84-76(106)73(103)70(100)65(36-97)128-84)62(25-45)130-133(114,115)129-50-23-43(39-119-60-28-53-51(26-58(60)116-2)78(108)91-32-46-14-20-131-66(46)30-55(91)80(110)93(53)85(112)121-37-41-4-9-48(10-5-41)123-82-74(104)71(101)68(98)63(34-95)126-82)22-44(24-50)40-120-61-29-54-52(27-59(61)117-3)79(109)92-33-47-15-21-132-67(47)31-56(92)81(111)94(54)86(113)122-38-42-6-11-49(12-7-42)124-83-75(105)72(102)69(99)64(35-96)127-83/h4-15,20-29,55-56,63-65,68-76,80-84,95-106,110-111H,16-19,30-40H2,1-3H3/t55-,56+,63-,64-,65-,68+,69+,70+,71+,72+,73+,74-,75-,76-,80?,81?,82-,83-,84-/m1/s1. The van der Waals surface area contributed by atoms with Crippen molar-refractivity contribution in [1.82, 2.24) is 14.7 Å². The molecule has 3 fully saturated rings. The lowest BCUT2D eigenvalue weighted by Crippen LogP contribution is -2.60. The Hall–Kier alpha value is -11.6. The minimum Gasteiger partial charge on any atom is -0.493 e. The minimum absolute atomic E-state index is 0.00629. The van der Waals surface area contributed by atoms with Gasteiger partial charge in [-0.3, -0.25) is 14.4 Å². The van der Waals surface area contributed by atoms with Gasteiger partial charge in [-0.2, -0.15) is 0 Å². The summed E-state index contributed by atoms with van der Waals surface area (Å²) in [5.74, 6) is -4.52. The van der Waals surface area contributed by atoms with Gasteiger partial charge in [0.05, 0.1) is 81.8 Å². The zero-order valence-electron chi connectivity index (χ0n) is 70.8. The maximum absolute atomic E-state index is 15.2. The van der Waals surface area contributed by atoms with Crippen molar-refractivity contribution >= 4 is 74.4 Å². The highest BCUT2D eigenvalue weighted by molar-refractivity contribution is 7.82. The Morgan fingerprint density at radius 3 is 1.37 bits per heavy atom. The molecule has 8 aromatic rings. The minimum atomic E-state index is -5.59. The zero-order chi connectivity index (χ0) is 94.5.